The largest absolute Gasteiger partial charge is 0.480 e. The van der Waals surface area contributed by atoms with E-state index >= 15 is 0 Å². The number of ether oxygens (including phenoxy) is 1. The molecule has 3 rings (SSSR count). The van der Waals surface area contributed by atoms with Gasteiger partial charge >= 0.3 is 11.9 Å². The van der Waals surface area contributed by atoms with Crippen molar-refractivity contribution in [3.05, 3.63) is 71.3 Å². The number of carbonyl (C=O) groups is 2. The zero-order valence-corrected chi connectivity index (χ0v) is 18.8. The maximum atomic E-state index is 12.7. The Morgan fingerprint density at radius 2 is 1.72 bits per heavy atom. The Labute approximate surface area is 190 Å². The van der Waals surface area contributed by atoms with E-state index in [1.54, 1.807) is 0 Å². The number of esters is 1. The molecule has 0 saturated carbocycles. The van der Waals surface area contributed by atoms with Crippen molar-refractivity contribution in [2.24, 2.45) is 5.92 Å². The summed E-state index contributed by atoms with van der Waals surface area (Å²) in [7, 11) is 0. The molecule has 0 spiro atoms. The second kappa shape index (κ2) is 12.4. The van der Waals surface area contributed by atoms with Crippen LogP contribution in [-0.2, 0) is 33.6 Å². The molecule has 3 N–H and O–H groups in total. The van der Waals surface area contributed by atoms with Crippen LogP contribution in [0.4, 0.5) is 0 Å². The van der Waals surface area contributed by atoms with E-state index in [0.717, 1.165) is 25.7 Å². The minimum absolute atomic E-state index is 0.0289. The highest BCUT2D eigenvalue weighted by Gasteiger charge is 2.28. The van der Waals surface area contributed by atoms with Crippen LogP contribution < -0.4 is 10.6 Å². The lowest BCUT2D eigenvalue weighted by atomic mass is 9.95. The van der Waals surface area contributed by atoms with Crippen LogP contribution in [0.25, 0.3) is 0 Å². The molecule has 2 atom stereocenters. The normalized spacial score (nSPS) is 15.2. The molecule has 0 bridgehead atoms. The molecule has 172 valence electrons. The summed E-state index contributed by atoms with van der Waals surface area (Å²) >= 11 is 0. The van der Waals surface area contributed by atoms with Crippen molar-refractivity contribution in [1.29, 1.82) is 0 Å². The number of carbonyl (C=O) groups excluding carboxylic acids is 1. The van der Waals surface area contributed by atoms with E-state index in [1.165, 1.54) is 16.7 Å². The van der Waals surface area contributed by atoms with E-state index in [2.05, 4.69) is 47.0 Å². The molecule has 0 aliphatic heterocycles. The highest BCUT2D eigenvalue weighted by Crippen LogP contribution is 2.29. The van der Waals surface area contributed by atoms with Gasteiger partial charge in [-0.2, -0.15) is 0 Å². The van der Waals surface area contributed by atoms with Crippen LogP contribution in [0.3, 0.4) is 0 Å². The van der Waals surface area contributed by atoms with Gasteiger partial charge in [-0.15, -0.1) is 0 Å². The summed E-state index contributed by atoms with van der Waals surface area (Å²) in [6, 6.07) is 18.1. The topological polar surface area (TPSA) is 87.7 Å². The first-order chi connectivity index (χ1) is 15.5. The van der Waals surface area contributed by atoms with Crippen molar-refractivity contribution < 1.29 is 19.4 Å². The van der Waals surface area contributed by atoms with E-state index in [1.807, 2.05) is 25.1 Å². The van der Waals surface area contributed by atoms with Crippen molar-refractivity contribution in [3.63, 3.8) is 0 Å². The van der Waals surface area contributed by atoms with Crippen molar-refractivity contribution in [2.75, 3.05) is 19.7 Å². The van der Waals surface area contributed by atoms with Crippen LogP contribution in [0, 0.1) is 5.92 Å². The lowest BCUT2D eigenvalue weighted by molar-refractivity contribution is -0.146. The monoisotopic (exact) mass is 438 g/mol. The summed E-state index contributed by atoms with van der Waals surface area (Å²) in [4.78, 5) is 23.7. The summed E-state index contributed by atoms with van der Waals surface area (Å²) < 4.78 is 5.34. The van der Waals surface area contributed by atoms with Crippen LogP contribution in [0.1, 0.15) is 36.5 Å². The molecule has 0 saturated heterocycles. The fourth-order valence-corrected chi connectivity index (χ4v) is 4.53. The Morgan fingerprint density at radius 1 is 1.06 bits per heavy atom. The van der Waals surface area contributed by atoms with Gasteiger partial charge in [-0.3, -0.25) is 9.59 Å². The van der Waals surface area contributed by atoms with Gasteiger partial charge in [-0.05, 0) is 61.6 Å². The van der Waals surface area contributed by atoms with Crippen LogP contribution in [-0.4, -0.2) is 48.8 Å². The van der Waals surface area contributed by atoms with Gasteiger partial charge < -0.3 is 20.5 Å². The zero-order chi connectivity index (χ0) is 22.8. The lowest BCUT2D eigenvalue weighted by Gasteiger charge is -2.27. The summed E-state index contributed by atoms with van der Waals surface area (Å²) in [6.45, 7) is 2.54. The number of hydrogen-bond acceptors (Lipinski definition) is 5. The Kier molecular flexibility index (Phi) is 9.26. The van der Waals surface area contributed by atoms with Crippen LogP contribution in [0.2, 0.25) is 0 Å². The molecule has 2 aromatic rings. The van der Waals surface area contributed by atoms with E-state index in [9.17, 15) is 9.59 Å². The van der Waals surface area contributed by atoms with Gasteiger partial charge in [0.1, 0.15) is 6.04 Å². The Balaban J connectivity index is 1.65. The molecule has 1 unspecified atom stereocenters. The van der Waals surface area contributed by atoms with Gasteiger partial charge in [-0.25, -0.2) is 0 Å². The first kappa shape index (κ1) is 24.0. The van der Waals surface area contributed by atoms with Crippen LogP contribution in [0.15, 0.2) is 54.6 Å². The van der Waals surface area contributed by atoms with Crippen molar-refractivity contribution in [2.45, 2.75) is 51.1 Å². The SMILES string of the molecule is CCOC(=O)[C@H](CCc1ccccc1)NC(CNCC(=O)O)CC1Cc2ccccc2C1. The Morgan fingerprint density at radius 3 is 2.34 bits per heavy atom. The third kappa shape index (κ3) is 7.46. The molecule has 0 fully saturated rings. The molecule has 0 radical (unpaired) electrons. The van der Waals surface area contributed by atoms with Gasteiger partial charge in [0.15, 0.2) is 0 Å². The van der Waals surface area contributed by atoms with Gasteiger partial charge in [0.25, 0.3) is 0 Å². The van der Waals surface area contributed by atoms with Gasteiger partial charge in [0.05, 0.1) is 13.2 Å². The molecular weight excluding hydrogens is 404 g/mol. The standard InChI is InChI=1S/C26H34N2O4/c1-2-32-26(31)24(13-12-19-8-4-3-5-9-19)28-23(17-27-18-25(29)30)16-20-14-21-10-6-7-11-22(21)15-20/h3-11,20,23-24,27-28H,2,12-18H2,1H3,(H,29,30)/t23?,24-/m0/s1. The highest BCUT2D eigenvalue weighted by atomic mass is 16.5. The Hall–Kier alpha value is -2.70. The van der Waals surface area contributed by atoms with Gasteiger partial charge in [0, 0.05) is 12.6 Å². The second-order valence-corrected chi connectivity index (χ2v) is 8.50. The molecule has 32 heavy (non-hydrogen) atoms. The first-order valence-electron chi connectivity index (χ1n) is 11.5. The molecule has 0 aromatic heterocycles. The van der Waals surface area contributed by atoms with Crippen molar-refractivity contribution in [1.82, 2.24) is 10.6 Å². The number of aliphatic carboxylic acids is 1. The number of hydrogen-bond donors (Lipinski definition) is 3. The maximum Gasteiger partial charge on any atom is 0.323 e. The Bertz CT molecular complexity index is 846. The lowest BCUT2D eigenvalue weighted by Crippen LogP contribution is -2.49. The number of fused-ring (bicyclic) bond motifs is 1. The molecule has 6 nitrogen and oxygen atoms in total. The third-order valence-corrected chi connectivity index (χ3v) is 5.99. The molecule has 1 aliphatic rings. The van der Waals surface area contributed by atoms with Crippen molar-refractivity contribution in [3.8, 4) is 0 Å². The van der Waals surface area contributed by atoms with Crippen molar-refractivity contribution >= 4 is 11.9 Å². The smallest absolute Gasteiger partial charge is 0.323 e. The molecular formula is C26H34N2O4. The second-order valence-electron chi connectivity index (χ2n) is 8.50. The summed E-state index contributed by atoms with van der Waals surface area (Å²) in [5.74, 6) is -0.669. The van der Waals surface area contributed by atoms with Crippen LogP contribution in [0.5, 0.6) is 0 Å². The van der Waals surface area contributed by atoms with Gasteiger partial charge in [-0.1, -0.05) is 54.6 Å². The number of aryl methyl sites for hydroxylation is 1. The average Bonchev–Trinajstić information content (AvgIpc) is 3.19. The number of carboxylic acid groups (broad SMARTS) is 1. The fourth-order valence-electron chi connectivity index (χ4n) is 4.53. The molecule has 0 amide bonds. The molecule has 1 aliphatic carbocycles. The minimum Gasteiger partial charge on any atom is -0.480 e. The number of benzene rings is 2. The van der Waals surface area contributed by atoms with Gasteiger partial charge in [0.2, 0.25) is 0 Å². The summed E-state index contributed by atoms with van der Waals surface area (Å²) in [6.07, 6.45) is 4.29. The highest BCUT2D eigenvalue weighted by molar-refractivity contribution is 5.75. The zero-order valence-electron chi connectivity index (χ0n) is 18.8. The third-order valence-electron chi connectivity index (χ3n) is 5.99. The number of nitrogens with one attached hydrogen (secondary N) is 2. The van der Waals surface area contributed by atoms with E-state index < -0.39 is 12.0 Å². The average molecular weight is 439 g/mol. The predicted molar refractivity (Wildman–Crippen MR) is 125 cm³/mol. The maximum absolute atomic E-state index is 12.7. The van der Waals surface area contributed by atoms with E-state index in [0.29, 0.717) is 25.5 Å². The number of carboxylic acids is 1. The fraction of sp³-hybridized carbons (Fsp3) is 0.462. The minimum atomic E-state index is -0.886. The number of rotatable bonds is 13. The van der Waals surface area contributed by atoms with Crippen LogP contribution >= 0.6 is 0 Å². The summed E-state index contributed by atoms with van der Waals surface area (Å²) in [5.41, 5.74) is 3.96. The molecule has 6 heteroatoms. The summed E-state index contributed by atoms with van der Waals surface area (Å²) in [5, 5.41) is 15.5. The predicted octanol–water partition coefficient (Wildman–Crippen LogP) is 2.99. The molecule has 2 aromatic carbocycles. The van der Waals surface area contributed by atoms with E-state index in [-0.39, 0.29) is 18.6 Å². The quantitative estimate of drug-likeness (QED) is 0.417. The van der Waals surface area contributed by atoms with E-state index in [4.69, 9.17) is 9.84 Å². The molecule has 0 heterocycles. The first-order valence-corrected chi connectivity index (χ1v) is 11.5.